The summed E-state index contributed by atoms with van der Waals surface area (Å²) in [6.45, 7) is 1.59. The molecule has 0 amide bonds. The molecule has 0 aliphatic carbocycles. The van der Waals surface area contributed by atoms with Crippen LogP contribution in [-0.4, -0.2) is 47.7 Å². The molecule has 0 bridgehead atoms. The molecule has 2 aromatic carbocycles. The lowest BCUT2D eigenvalue weighted by Gasteiger charge is -2.38. The number of methoxy groups -OCH3 is 1. The van der Waals surface area contributed by atoms with Crippen LogP contribution in [0.25, 0.3) is 10.9 Å². The third-order valence-electron chi connectivity index (χ3n) is 6.90. The summed E-state index contributed by atoms with van der Waals surface area (Å²) in [6.07, 6.45) is 1.04. The van der Waals surface area contributed by atoms with Crippen LogP contribution in [0.15, 0.2) is 48.7 Å². The molecule has 1 N–H and O–H groups in total. The molecule has 1 aromatic heterocycles. The highest BCUT2D eigenvalue weighted by Crippen LogP contribution is 2.42. The minimum atomic E-state index is -1.44. The SMILES string of the molecule is COc1ccc2ncc(Cl)c([C@@H](F)CCC3(C(=O)O)CCN(CC#Cc4ccc(F)cc4)CC3)c2c1. The zero-order valence-corrected chi connectivity index (χ0v) is 20.7. The monoisotopic (exact) mass is 512 g/mol. The molecule has 0 radical (unpaired) electrons. The Labute approximate surface area is 214 Å². The molecule has 4 rings (SSSR count). The molecule has 1 saturated heterocycles. The van der Waals surface area contributed by atoms with Gasteiger partial charge in [0.25, 0.3) is 0 Å². The van der Waals surface area contributed by atoms with Gasteiger partial charge in [-0.25, -0.2) is 8.78 Å². The minimum Gasteiger partial charge on any atom is -0.497 e. The van der Waals surface area contributed by atoms with Crippen molar-refractivity contribution in [2.75, 3.05) is 26.7 Å². The standard InChI is InChI=1S/C28H27ClF2N2O3/c1-36-21-8-9-25-22(17-21)26(23(29)18-32-25)24(31)10-11-28(27(34)35)12-15-33(16-13-28)14-2-3-19-4-6-20(30)7-5-19/h4-9,17-18,24H,10-16H2,1H3,(H,34,35)/t24-/m0/s1. The molecule has 5 nitrogen and oxygen atoms in total. The number of pyridine rings is 1. The summed E-state index contributed by atoms with van der Waals surface area (Å²) in [5, 5.41) is 10.8. The normalized spacial score (nSPS) is 16.2. The van der Waals surface area contributed by atoms with Gasteiger partial charge in [-0.15, -0.1) is 0 Å². The summed E-state index contributed by atoms with van der Waals surface area (Å²) in [5.41, 5.74) is 0.635. The maximum atomic E-state index is 15.6. The Hall–Kier alpha value is -3.21. The number of rotatable bonds is 7. The number of halogens is 3. The van der Waals surface area contributed by atoms with Crippen molar-refractivity contribution in [1.82, 2.24) is 9.88 Å². The van der Waals surface area contributed by atoms with E-state index in [1.165, 1.54) is 25.4 Å². The number of nitrogens with zero attached hydrogens (tertiary/aromatic N) is 2. The zero-order valence-electron chi connectivity index (χ0n) is 19.9. The van der Waals surface area contributed by atoms with Gasteiger partial charge in [-0.3, -0.25) is 14.7 Å². The number of hydrogen-bond donors (Lipinski definition) is 1. The molecule has 8 heteroatoms. The molecule has 0 spiro atoms. The number of benzene rings is 2. The van der Waals surface area contributed by atoms with Gasteiger partial charge in [-0.2, -0.15) is 0 Å². The number of carboxylic acid groups (broad SMARTS) is 1. The number of carbonyl (C=O) groups is 1. The Balaban J connectivity index is 1.41. The van der Waals surface area contributed by atoms with Crippen molar-refractivity contribution in [1.29, 1.82) is 0 Å². The van der Waals surface area contributed by atoms with E-state index in [1.807, 2.05) is 0 Å². The van der Waals surface area contributed by atoms with Gasteiger partial charge < -0.3 is 9.84 Å². The van der Waals surface area contributed by atoms with Crippen molar-refractivity contribution in [3.63, 3.8) is 0 Å². The zero-order chi connectivity index (χ0) is 25.7. The molecule has 0 saturated carbocycles. The van der Waals surface area contributed by atoms with Crippen molar-refractivity contribution >= 4 is 28.5 Å². The largest absolute Gasteiger partial charge is 0.497 e. The van der Waals surface area contributed by atoms with E-state index in [9.17, 15) is 14.3 Å². The van der Waals surface area contributed by atoms with Gasteiger partial charge in [0.1, 0.15) is 17.7 Å². The fraction of sp³-hybridized carbons (Fsp3) is 0.357. The van der Waals surface area contributed by atoms with E-state index in [0.717, 1.165) is 5.56 Å². The third kappa shape index (κ3) is 5.77. The Morgan fingerprint density at radius 3 is 2.64 bits per heavy atom. The van der Waals surface area contributed by atoms with Gasteiger partial charge >= 0.3 is 5.97 Å². The first kappa shape index (κ1) is 25.9. The average molecular weight is 513 g/mol. The second-order valence-corrected chi connectivity index (χ2v) is 9.49. The number of aliphatic carboxylic acids is 1. The molecular formula is C28H27ClF2N2O3. The number of hydrogen-bond acceptors (Lipinski definition) is 4. The number of aromatic nitrogens is 1. The summed E-state index contributed by atoms with van der Waals surface area (Å²) in [6, 6.07) is 11.2. The van der Waals surface area contributed by atoms with Crippen molar-refractivity contribution in [2.24, 2.45) is 5.41 Å². The highest BCUT2D eigenvalue weighted by Gasteiger charge is 2.41. The van der Waals surface area contributed by atoms with Gasteiger partial charge in [-0.05, 0) is 68.1 Å². The summed E-state index contributed by atoms with van der Waals surface area (Å²) >= 11 is 6.33. The van der Waals surface area contributed by atoms with E-state index in [4.69, 9.17) is 16.3 Å². The highest BCUT2D eigenvalue weighted by molar-refractivity contribution is 6.32. The molecule has 2 heterocycles. The number of alkyl halides is 1. The van der Waals surface area contributed by atoms with Crippen LogP contribution >= 0.6 is 11.6 Å². The van der Waals surface area contributed by atoms with Gasteiger partial charge in [0.2, 0.25) is 0 Å². The van der Waals surface area contributed by atoms with E-state index in [2.05, 4.69) is 21.7 Å². The lowest BCUT2D eigenvalue weighted by molar-refractivity contribution is -0.152. The second kappa shape index (κ2) is 11.2. The van der Waals surface area contributed by atoms with Crippen molar-refractivity contribution in [2.45, 2.75) is 31.9 Å². The van der Waals surface area contributed by atoms with E-state index < -0.39 is 17.6 Å². The highest BCUT2D eigenvalue weighted by atomic mass is 35.5. The van der Waals surface area contributed by atoms with Gasteiger partial charge in [0, 0.05) is 35.8 Å². The first-order valence-electron chi connectivity index (χ1n) is 11.8. The summed E-state index contributed by atoms with van der Waals surface area (Å²) < 4.78 is 33.9. The first-order chi connectivity index (χ1) is 17.3. The quantitative estimate of drug-likeness (QED) is 0.391. The van der Waals surface area contributed by atoms with Crippen LogP contribution in [0.3, 0.4) is 0 Å². The van der Waals surface area contributed by atoms with Gasteiger partial charge in [0.05, 0.1) is 29.6 Å². The Morgan fingerprint density at radius 1 is 1.25 bits per heavy atom. The average Bonchev–Trinajstić information content (AvgIpc) is 2.88. The van der Waals surface area contributed by atoms with Crippen LogP contribution in [0.4, 0.5) is 8.78 Å². The van der Waals surface area contributed by atoms with Crippen molar-refractivity contribution < 1.29 is 23.4 Å². The maximum absolute atomic E-state index is 15.6. The van der Waals surface area contributed by atoms with Crippen LogP contribution < -0.4 is 4.74 Å². The third-order valence-corrected chi connectivity index (χ3v) is 7.21. The smallest absolute Gasteiger partial charge is 0.309 e. The first-order valence-corrected chi connectivity index (χ1v) is 12.2. The number of ether oxygens (including phenoxy) is 1. The van der Waals surface area contributed by atoms with E-state index >= 15 is 4.39 Å². The van der Waals surface area contributed by atoms with Crippen LogP contribution in [-0.2, 0) is 4.79 Å². The molecule has 1 aliphatic heterocycles. The molecule has 1 atom stereocenters. The van der Waals surface area contributed by atoms with Crippen LogP contribution in [0, 0.1) is 23.1 Å². The Morgan fingerprint density at radius 2 is 1.97 bits per heavy atom. The van der Waals surface area contributed by atoms with Crippen LogP contribution in [0.2, 0.25) is 5.02 Å². The molecule has 3 aromatic rings. The molecule has 36 heavy (non-hydrogen) atoms. The van der Waals surface area contributed by atoms with E-state index in [-0.39, 0.29) is 23.7 Å². The molecule has 188 valence electrons. The fourth-order valence-corrected chi connectivity index (χ4v) is 4.93. The fourth-order valence-electron chi connectivity index (χ4n) is 4.66. The molecule has 1 aliphatic rings. The Kier molecular flexibility index (Phi) is 8.07. The minimum absolute atomic E-state index is 0.0344. The topological polar surface area (TPSA) is 62.7 Å². The van der Waals surface area contributed by atoms with Crippen molar-refractivity contribution in [3.05, 3.63) is 70.6 Å². The summed E-state index contributed by atoms with van der Waals surface area (Å²) in [5.74, 6) is 5.42. The predicted molar refractivity (Wildman–Crippen MR) is 135 cm³/mol. The summed E-state index contributed by atoms with van der Waals surface area (Å²) in [7, 11) is 1.53. The molecule has 0 unspecified atom stereocenters. The van der Waals surface area contributed by atoms with E-state index in [0.29, 0.717) is 54.7 Å². The van der Waals surface area contributed by atoms with Gasteiger partial charge in [0.15, 0.2) is 0 Å². The number of piperidine rings is 1. The number of likely N-dealkylation sites (tertiary alicyclic amines) is 1. The van der Waals surface area contributed by atoms with Crippen LogP contribution in [0.5, 0.6) is 5.75 Å². The number of fused-ring (bicyclic) bond motifs is 1. The van der Waals surface area contributed by atoms with Crippen molar-refractivity contribution in [3.8, 4) is 17.6 Å². The van der Waals surface area contributed by atoms with E-state index in [1.54, 1.807) is 30.3 Å². The predicted octanol–water partition coefficient (Wildman–Crippen LogP) is 6.05. The lowest BCUT2D eigenvalue weighted by atomic mass is 9.74. The van der Waals surface area contributed by atoms with Gasteiger partial charge in [-0.1, -0.05) is 23.4 Å². The second-order valence-electron chi connectivity index (χ2n) is 9.08. The maximum Gasteiger partial charge on any atom is 0.309 e. The van der Waals surface area contributed by atoms with Crippen LogP contribution in [0.1, 0.15) is 43.0 Å². The lowest BCUT2D eigenvalue weighted by Crippen LogP contribution is -2.44. The molecular weight excluding hydrogens is 486 g/mol. The summed E-state index contributed by atoms with van der Waals surface area (Å²) in [4.78, 5) is 18.6. The Bertz CT molecular complexity index is 1300. The molecule has 1 fully saturated rings. The number of carboxylic acids is 1.